The minimum atomic E-state index is -0.131. The van der Waals surface area contributed by atoms with Crippen LogP contribution in [0.25, 0.3) is 10.8 Å². The molecule has 0 aliphatic carbocycles. The van der Waals surface area contributed by atoms with E-state index in [1.807, 2.05) is 47.4 Å². The maximum absolute atomic E-state index is 12.8. The van der Waals surface area contributed by atoms with Crippen molar-refractivity contribution in [2.24, 2.45) is 0 Å². The van der Waals surface area contributed by atoms with Crippen molar-refractivity contribution < 1.29 is 14.3 Å². The lowest BCUT2D eigenvalue weighted by molar-refractivity contribution is -0.128. The Morgan fingerprint density at radius 2 is 1.85 bits per heavy atom. The number of benzene rings is 2. The highest BCUT2D eigenvalue weighted by atomic mass is 16.5. The second-order valence-corrected chi connectivity index (χ2v) is 7.19. The number of nitrogens with zero attached hydrogens (tertiary/aromatic N) is 2. The standard InChI is InChI=1S/C21H25N3O3/c25-20-14-17(15-24(20)9-8-23-10-12-27-13-11-23)22-21(26)19-7-3-5-16-4-1-2-6-18(16)19/h1-7,17H,8-15H2,(H,22,26). The van der Waals surface area contributed by atoms with Crippen LogP contribution in [0.15, 0.2) is 42.5 Å². The monoisotopic (exact) mass is 367 g/mol. The van der Waals surface area contributed by atoms with Crippen molar-refractivity contribution in [3.63, 3.8) is 0 Å². The van der Waals surface area contributed by atoms with Crippen LogP contribution >= 0.6 is 0 Å². The molecule has 2 amide bonds. The SMILES string of the molecule is O=C(NC1CC(=O)N(CCN2CCOCC2)C1)c1cccc2ccccc12. The summed E-state index contributed by atoms with van der Waals surface area (Å²) in [6.45, 7) is 5.51. The van der Waals surface area contributed by atoms with Gasteiger partial charge < -0.3 is 15.0 Å². The first kappa shape index (κ1) is 17.9. The van der Waals surface area contributed by atoms with Gasteiger partial charge in [-0.05, 0) is 16.8 Å². The smallest absolute Gasteiger partial charge is 0.252 e. The Labute approximate surface area is 159 Å². The van der Waals surface area contributed by atoms with Crippen LogP contribution in [0.2, 0.25) is 0 Å². The number of carbonyl (C=O) groups is 2. The van der Waals surface area contributed by atoms with Crippen molar-refractivity contribution in [1.29, 1.82) is 0 Å². The van der Waals surface area contributed by atoms with E-state index in [-0.39, 0.29) is 17.9 Å². The number of ether oxygens (including phenoxy) is 1. The Bertz CT molecular complexity index is 827. The average molecular weight is 367 g/mol. The molecule has 6 nitrogen and oxygen atoms in total. The highest BCUT2D eigenvalue weighted by Gasteiger charge is 2.31. The lowest BCUT2D eigenvalue weighted by Gasteiger charge is -2.28. The van der Waals surface area contributed by atoms with Crippen LogP contribution in [0.4, 0.5) is 0 Å². The number of fused-ring (bicyclic) bond motifs is 1. The van der Waals surface area contributed by atoms with Gasteiger partial charge in [0.2, 0.25) is 5.91 Å². The van der Waals surface area contributed by atoms with E-state index in [1.54, 1.807) is 0 Å². The van der Waals surface area contributed by atoms with E-state index in [1.165, 1.54) is 0 Å². The molecule has 2 saturated heterocycles. The number of likely N-dealkylation sites (tertiary alicyclic amines) is 1. The van der Waals surface area contributed by atoms with Gasteiger partial charge in [-0.1, -0.05) is 36.4 Å². The summed E-state index contributed by atoms with van der Waals surface area (Å²) in [4.78, 5) is 29.3. The molecule has 2 heterocycles. The van der Waals surface area contributed by atoms with Crippen LogP contribution in [0.5, 0.6) is 0 Å². The van der Waals surface area contributed by atoms with Crippen LogP contribution < -0.4 is 5.32 Å². The molecule has 0 bridgehead atoms. The zero-order valence-electron chi connectivity index (χ0n) is 15.4. The number of nitrogens with one attached hydrogen (secondary N) is 1. The molecule has 2 aromatic rings. The molecule has 2 aliphatic rings. The minimum absolute atomic E-state index is 0.111. The normalized spacial score (nSPS) is 21.0. The summed E-state index contributed by atoms with van der Waals surface area (Å²) >= 11 is 0. The first-order chi connectivity index (χ1) is 13.2. The molecule has 1 atom stereocenters. The minimum Gasteiger partial charge on any atom is -0.379 e. The molecule has 4 rings (SSSR count). The average Bonchev–Trinajstić information content (AvgIpc) is 3.05. The zero-order chi connectivity index (χ0) is 18.6. The first-order valence-electron chi connectivity index (χ1n) is 9.57. The van der Waals surface area contributed by atoms with Gasteiger partial charge in [-0.15, -0.1) is 0 Å². The summed E-state index contributed by atoms with van der Waals surface area (Å²) in [7, 11) is 0. The van der Waals surface area contributed by atoms with E-state index < -0.39 is 0 Å². The van der Waals surface area contributed by atoms with Crippen LogP contribution in [-0.4, -0.2) is 73.6 Å². The van der Waals surface area contributed by atoms with Crippen molar-refractivity contribution in [3.05, 3.63) is 48.0 Å². The fraction of sp³-hybridized carbons (Fsp3) is 0.429. The number of rotatable bonds is 5. The van der Waals surface area contributed by atoms with Crippen LogP contribution in [-0.2, 0) is 9.53 Å². The van der Waals surface area contributed by atoms with E-state index in [0.29, 0.717) is 25.1 Å². The Kier molecular flexibility index (Phi) is 5.36. The number of amides is 2. The lowest BCUT2D eigenvalue weighted by Crippen LogP contribution is -2.42. The fourth-order valence-corrected chi connectivity index (χ4v) is 3.86. The fourth-order valence-electron chi connectivity index (χ4n) is 3.86. The summed E-state index contributed by atoms with van der Waals surface area (Å²) in [5.41, 5.74) is 0.660. The number of hydrogen-bond acceptors (Lipinski definition) is 4. The van der Waals surface area contributed by atoms with Crippen LogP contribution in [0.1, 0.15) is 16.8 Å². The number of morpholine rings is 1. The van der Waals surface area contributed by atoms with Gasteiger partial charge in [0.25, 0.3) is 5.91 Å². The third-order valence-corrected chi connectivity index (χ3v) is 5.37. The third-order valence-electron chi connectivity index (χ3n) is 5.37. The highest BCUT2D eigenvalue weighted by Crippen LogP contribution is 2.19. The molecule has 2 fully saturated rings. The summed E-state index contributed by atoms with van der Waals surface area (Å²) in [6.07, 6.45) is 0.375. The number of carbonyl (C=O) groups excluding carboxylic acids is 2. The van der Waals surface area contributed by atoms with Crippen molar-refractivity contribution in [2.45, 2.75) is 12.5 Å². The van der Waals surface area contributed by atoms with Gasteiger partial charge in [0.1, 0.15) is 0 Å². The molecule has 142 valence electrons. The van der Waals surface area contributed by atoms with Gasteiger partial charge in [0.05, 0.1) is 19.3 Å². The van der Waals surface area contributed by atoms with Gasteiger partial charge in [0, 0.05) is 44.7 Å². The van der Waals surface area contributed by atoms with E-state index in [2.05, 4.69) is 10.2 Å². The third kappa shape index (κ3) is 4.12. The maximum Gasteiger partial charge on any atom is 0.252 e. The Balaban J connectivity index is 1.35. The summed E-state index contributed by atoms with van der Waals surface area (Å²) in [5, 5.41) is 5.03. The molecule has 1 unspecified atom stereocenters. The van der Waals surface area contributed by atoms with Gasteiger partial charge in [0.15, 0.2) is 0 Å². The molecule has 2 aromatic carbocycles. The Morgan fingerprint density at radius 1 is 1.07 bits per heavy atom. The summed E-state index contributed by atoms with van der Waals surface area (Å²) < 4.78 is 5.36. The zero-order valence-corrected chi connectivity index (χ0v) is 15.4. The van der Waals surface area contributed by atoms with E-state index in [9.17, 15) is 9.59 Å². The number of hydrogen-bond donors (Lipinski definition) is 1. The van der Waals surface area contributed by atoms with Crippen molar-refractivity contribution in [2.75, 3.05) is 45.9 Å². The summed E-state index contributed by atoms with van der Waals surface area (Å²) in [6, 6.07) is 13.5. The Hall–Kier alpha value is -2.44. The predicted molar refractivity (Wildman–Crippen MR) is 104 cm³/mol. The van der Waals surface area contributed by atoms with Crippen LogP contribution in [0, 0.1) is 0 Å². The molecule has 0 saturated carbocycles. The second-order valence-electron chi connectivity index (χ2n) is 7.19. The van der Waals surface area contributed by atoms with E-state index in [4.69, 9.17) is 4.74 Å². The molecule has 6 heteroatoms. The molecule has 2 aliphatic heterocycles. The largest absolute Gasteiger partial charge is 0.379 e. The van der Waals surface area contributed by atoms with E-state index >= 15 is 0 Å². The van der Waals surface area contributed by atoms with Gasteiger partial charge in [-0.3, -0.25) is 14.5 Å². The van der Waals surface area contributed by atoms with Gasteiger partial charge in [-0.25, -0.2) is 0 Å². The topological polar surface area (TPSA) is 61.9 Å². The Morgan fingerprint density at radius 3 is 2.70 bits per heavy atom. The molecule has 0 aromatic heterocycles. The predicted octanol–water partition coefficient (Wildman–Crippen LogP) is 1.50. The molecule has 1 N–H and O–H groups in total. The van der Waals surface area contributed by atoms with Crippen molar-refractivity contribution in [1.82, 2.24) is 15.1 Å². The van der Waals surface area contributed by atoms with Crippen molar-refractivity contribution in [3.8, 4) is 0 Å². The van der Waals surface area contributed by atoms with Gasteiger partial charge >= 0.3 is 0 Å². The molecular weight excluding hydrogens is 342 g/mol. The van der Waals surface area contributed by atoms with Gasteiger partial charge in [-0.2, -0.15) is 0 Å². The highest BCUT2D eigenvalue weighted by molar-refractivity contribution is 6.07. The van der Waals surface area contributed by atoms with Crippen molar-refractivity contribution >= 4 is 22.6 Å². The lowest BCUT2D eigenvalue weighted by atomic mass is 10.0. The first-order valence-corrected chi connectivity index (χ1v) is 9.57. The molecule has 0 radical (unpaired) electrons. The molecule has 27 heavy (non-hydrogen) atoms. The summed E-state index contributed by atoms with van der Waals surface area (Å²) in [5.74, 6) is 0.00566. The maximum atomic E-state index is 12.8. The molecular formula is C21H25N3O3. The second kappa shape index (κ2) is 8.06. The quantitative estimate of drug-likeness (QED) is 0.870. The van der Waals surface area contributed by atoms with E-state index in [0.717, 1.165) is 43.6 Å². The van der Waals surface area contributed by atoms with Crippen LogP contribution in [0.3, 0.4) is 0 Å². The molecule has 0 spiro atoms.